The summed E-state index contributed by atoms with van der Waals surface area (Å²) in [6.45, 7) is 2.45. The van der Waals surface area contributed by atoms with Crippen LogP contribution in [0.2, 0.25) is 5.02 Å². The van der Waals surface area contributed by atoms with Gasteiger partial charge in [-0.2, -0.15) is 0 Å². The zero-order chi connectivity index (χ0) is 19.5. The molecule has 4 rings (SSSR count). The smallest absolute Gasteiger partial charge is 0.220 e. The molecule has 0 radical (unpaired) electrons. The Morgan fingerprint density at radius 2 is 2.18 bits per heavy atom. The number of carbonyl (C=O) groups excluding carboxylic acids is 1. The van der Waals surface area contributed by atoms with Gasteiger partial charge in [-0.1, -0.05) is 11.6 Å². The molecule has 1 aromatic carbocycles. The number of thiazole rings is 1. The number of benzene rings is 1. The summed E-state index contributed by atoms with van der Waals surface area (Å²) in [5, 5.41) is 3.67. The van der Waals surface area contributed by atoms with Crippen molar-refractivity contribution in [2.75, 3.05) is 6.54 Å². The van der Waals surface area contributed by atoms with Crippen LogP contribution in [-0.2, 0) is 17.6 Å². The molecule has 0 fully saturated rings. The Labute approximate surface area is 172 Å². The Balaban J connectivity index is 1.37. The summed E-state index contributed by atoms with van der Waals surface area (Å²) in [5.74, 6) is 0.870. The summed E-state index contributed by atoms with van der Waals surface area (Å²) in [5.41, 5.74) is 5.86. The van der Waals surface area contributed by atoms with Gasteiger partial charge < -0.3 is 10.1 Å². The molecule has 0 saturated carbocycles. The third-order valence-electron chi connectivity index (χ3n) is 4.80. The molecule has 1 N–H and O–H groups in total. The predicted octanol–water partition coefficient (Wildman–Crippen LogP) is 4.22. The monoisotopic (exact) mass is 413 g/mol. The first-order chi connectivity index (χ1) is 13.6. The maximum absolute atomic E-state index is 12.2. The SMILES string of the molecule is Cc1ncsc1CCC(=O)NCC1Cc2cc(Cl)cc(-c3ccncc3)c2O1. The highest BCUT2D eigenvalue weighted by Gasteiger charge is 2.27. The van der Waals surface area contributed by atoms with Gasteiger partial charge in [0.05, 0.1) is 17.7 Å². The van der Waals surface area contributed by atoms with E-state index in [0.29, 0.717) is 18.0 Å². The lowest BCUT2D eigenvalue weighted by atomic mass is 10.0. The van der Waals surface area contributed by atoms with E-state index in [1.165, 1.54) is 0 Å². The highest BCUT2D eigenvalue weighted by atomic mass is 35.5. The van der Waals surface area contributed by atoms with Crippen LogP contribution in [-0.4, -0.2) is 28.5 Å². The van der Waals surface area contributed by atoms with Crippen LogP contribution in [0.1, 0.15) is 22.6 Å². The second kappa shape index (κ2) is 8.29. The van der Waals surface area contributed by atoms with Gasteiger partial charge >= 0.3 is 0 Å². The summed E-state index contributed by atoms with van der Waals surface area (Å²) in [7, 11) is 0. The minimum atomic E-state index is -0.0943. The number of fused-ring (bicyclic) bond motifs is 1. The Morgan fingerprint density at radius 3 is 2.93 bits per heavy atom. The van der Waals surface area contributed by atoms with Crippen LogP contribution in [0.4, 0.5) is 0 Å². The second-order valence-electron chi connectivity index (χ2n) is 6.79. The van der Waals surface area contributed by atoms with E-state index in [2.05, 4.69) is 15.3 Å². The van der Waals surface area contributed by atoms with Crippen molar-refractivity contribution < 1.29 is 9.53 Å². The molecule has 5 nitrogen and oxygen atoms in total. The molecule has 0 bridgehead atoms. The number of hydrogen-bond donors (Lipinski definition) is 1. The number of aryl methyl sites for hydroxylation is 2. The topological polar surface area (TPSA) is 64.1 Å². The normalized spacial score (nSPS) is 15.1. The number of aromatic nitrogens is 2. The molecule has 3 heterocycles. The number of amides is 1. The van der Waals surface area contributed by atoms with Crippen molar-refractivity contribution in [1.29, 1.82) is 0 Å². The van der Waals surface area contributed by atoms with Crippen molar-refractivity contribution in [3.63, 3.8) is 0 Å². The van der Waals surface area contributed by atoms with Gasteiger partial charge in [0.1, 0.15) is 11.9 Å². The van der Waals surface area contributed by atoms with E-state index in [1.54, 1.807) is 23.7 Å². The molecule has 0 saturated heterocycles. The maximum Gasteiger partial charge on any atom is 0.220 e. The van der Waals surface area contributed by atoms with Crippen LogP contribution >= 0.6 is 22.9 Å². The number of halogens is 1. The minimum absolute atomic E-state index is 0.0275. The summed E-state index contributed by atoms with van der Waals surface area (Å²) in [4.78, 5) is 21.7. The molecule has 7 heteroatoms. The molecule has 28 heavy (non-hydrogen) atoms. The Bertz CT molecular complexity index is 991. The lowest BCUT2D eigenvalue weighted by Crippen LogP contribution is -2.34. The first-order valence-electron chi connectivity index (χ1n) is 9.15. The Kier molecular flexibility index (Phi) is 5.59. The molecule has 0 spiro atoms. The molecule has 2 aromatic heterocycles. The van der Waals surface area contributed by atoms with Gasteiger partial charge in [-0.25, -0.2) is 4.98 Å². The van der Waals surface area contributed by atoms with Crippen LogP contribution in [0.3, 0.4) is 0 Å². The van der Waals surface area contributed by atoms with Gasteiger partial charge in [0.2, 0.25) is 5.91 Å². The molecule has 1 unspecified atom stereocenters. The fourth-order valence-corrected chi connectivity index (χ4v) is 4.39. The number of hydrogen-bond acceptors (Lipinski definition) is 5. The molecular weight excluding hydrogens is 394 g/mol. The van der Waals surface area contributed by atoms with Gasteiger partial charge in [0, 0.05) is 46.3 Å². The second-order valence-corrected chi connectivity index (χ2v) is 8.16. The lowest BCUT2D eigenvalue weighted by molar-refractivity contribution is -0.121. The van der Waals surface area contributed by atoms with Crippen LogP contribution in [0.5, 0.6) is 5.75 Å². The van der Waals surface area contributed by atoms with Crippen LogP contribution < -0.4 is 10.1 Å². The molecule has 0 aliphatic carbocycles. The fraction of sp³-hybridized carbons (Fsp3) is 0.286. The first kappa shape index (κ1) is 18.9. The molecule has 144 valence electrons. The number of rotatable bonds is 6. The molecule has 1 atom stereocenters. The van der Waals surface area contributed by atoms with E-state index in [0.717, 1.165) is 45.9 Å². The van der Waals surface area contributed by atoms with Crippen molar-refractivity contribution in [3.05, 3.63) is 63.3 Å². The Morgan fingerprint density at radius 1 is 1.36 bits per heavy atom. The van der Waals surface area contributed by atoms with E-state index < -0.39 is 0 Å². The molecular formula is C21H20ClN3O2S. The number of ether oxygens (including phenoxy) is 1. The third-order valence-corrected chi connectivity index (χ3v) is 6.02. The van der Waals surface area contributed by atoms with Gasteiger partial charge in [-0.05, 0) is 43.2 Å². The standard InChI is InChI=1S/C21H20ClN3O2S/c1-13-19(28-12-25-13)2-3-20(26)24-11-17-9-15-8-16(22)10-18(21(15)27-17)14-4-6-23-7-5-14/h4-8,10,12,17H,2-3,9,11H2,1H3,(H,24,26). The average Bonchev–Trinajstić information content (AvgIpc) is 3.30. The molecule has 1 aliphatic heterocycles. The van der Waals surface area contributed by atoms with Crippen molar-refractivity contribution in [1.82, 2.24) is 15.3 Å². The van der Waals surface area contributed by atoms with Crippen molar-refractivity contribution in [3.8, 4) is 16.9 Å². The van der Waals surface area contributed by atoms with Crippen LogP contribution in [0.25, 0.3) is 11.1 Å². The molecule has 1 amide bonds. The zero-order valence-electron chi connectivity index (χ0n) is 15.4. The van der Waals surface area contributed by atoms with Gasteiger partial charge in [0.25, 0.3) is 0 Å². The van der Waals surface area contributed by atoms with Crippen molar-refractivity contribution >= 4 is 28.8 Å². The van der Waals surface area contributed by atoms with E-state index in [4.69, 9.17) is 16.3 Å². The van der Waals surface area contributed by atoms with E-state index >= 15 is 0 Å². The van der Waals surface area contributed by atoms with Crippen LogP contribution in [0, 0.1) is 6.92 Å². The fourth-order valence-electron chi connectivity index (χ4n) is 3.36. The number of pyridine rings is 1. The highest BCUT2D eigenvalue weighted by molar-refractivity contribution is 7.09. The first-order valence-corrected chi connectivity index (χ1v) is 10.4. The number of nitrogens with zero attached hydrogens (tertiary/aromatic N) is 2. The number of nitrogens with one attached hydrogen (secondary N) is 1. The van der Waals surface area contributed by atoms with Crippen molar-refractivity contribution in [2.45, 2.75) is 32.3 Å². The maximum atomic E-state index is 12.2. The van der Waals surface area contributed by atoms with Crippen LogP contribution in [0.15, 0.2) is 42.2 Å². The molecule has 3 aromatic rings. The average molecular weight is 414 g/mol. The summed E-state index contributed by atoms with van der Waals surface area (Å²) in [6.07, 6.45) is 5.30. The predicted molar refractivity (Wildman–Crippen MR) is 111 cm³/mol. The third kappa shape index (κ3) is 4.18. The zero-order valence-corrected chi connectivity index (χ0v) is 17.0. The quantitative estimate of drug-likeness (QED) is 0.657. The van der Waals surface area contributed by atoms with E-state index in [9.17, 15) is 4.79 Å². The highest BCUT2D eigenvalue weighted by Crippen LogP contribution is 2.40. The van der Waals surface area contributed by atoms with E-state index in [1.807, 2.05) is 36.7 Å². The Hall–Kier alpha value is -2.44. The summed E-state index contributed by atoms with van der Waals surface area (Å²) < 4.78 is 6.17. The van der Waals surface area contributed by atoms with Crippen molar-refractivity contribution in [2.24, 2.45) is 0 Å². The van der Waals surface area contributed by atoms with E-state index in [-0.39, 0.29) is 12.0 Å². The lowest BCUT2D eigenvalue weighted by Gasteiger charge is -2.14. The largest absolute Gasteiger partial charge is 0.487 e. The van der Waals surface area contributed by atoms with Gasteiger partial charge in [-0.3, -0.25) is 9.78 Å². The minimum Gasteiger partial charge on any atom is -0.487 e. The number of carbonyl (C=O) groups is 1. The summed E-state index contributed by atoms with van der Waals surface area (Å²) >= 11 is 7.91. The van der Waals surface area contributed by atoms with Gasteiger partial charge in [-0.15, -0.1) is 11.3 Å². The van der Waals surface area contributed by atoms with Gasteiger partial charge in [0.15, 0.2) is 0 Å². The molecule has 1 aliphatic rings. The summed E-state index contributed by atoms with van der Waals surface area (Å²) in [6, 6.07) is 7.72.